The number of fused-ring (bicyclic) bond motifs is 2. The average Bonchev–Trinajstić information content (AvgIpc) is 2.98. The number of hydrogen-bond acceptors (Lipinski definition) is 3. The third kappa shape index (κ3) is 1.80. The number of aromatic amines is 1. The van der Waals surface area contributed by atoms with Crippen LogP contribution in [0, 0.1) is 3.57 Å². The van der Waals surface area contributed by atoms with Crippen LogP contribution in [0.3, 0.4) is 0 Å². The summed E-state index contributed by atoms with van der Waals surface area (Å²) in [5.74, 6) is -0.0921. The van der Waals surface area contributed by atoms with E-state index in [1.165, 1.54) is 0 Å². The van der Waals surface area contributed by atoms with E-state index in [1.54, 1.807) is 12.1 Å². The van der Waals surface area contributed by atoms with E-state index in [0.717, 1.165) is 9.09 Å². The SMILES string of the molecule is O=C1C(c2[nH]c3ccc(I)cc3c2O)=Nc2ccccc21. The molecule has 0 saturated carbocycles. The summed E-state index contributed by atoms with van der Waals surface area (Å²) >= 11 is 2.18. The number of nitrogens with one attached hydrogen (secondary N) is 1. The van der Waals surface area contributed by atoms with Gasteiger partial charge in [-0.15, -0.1) is 0 Å². The van der Waals surface area contributed by atoms with E-state index >= 15 is 0 Å². The van der Waals surface area contributed by atoms with Crippen molar-refractivity contribution in [1.29, 1.82) is 0 Å². The van der Waals surface area contributed by atoms with Crippen LogP contribution in [0.1, 0.15) is 16.1 Å². The summed E-state index contributed by atoms with van der Waals surface area (Å²) in [7, 11) is 0. The smallest absolute Gasteiger partial charge is 0.215 e. The number of para-hydroxylation sites is 1. The van der Waals surface area contributed by atoms with Crippen molar-refractivity contribution in [3.05, 3.63) is 57.3 Å². The number of aromatic hydroxyl groups is 1. The van der Waals surface area contributed by atoms with E-state index in [2.05, 4.69) is 32.6 Å². The first kappa shape index (κ1) is 12.6. The highest BCUT2D eigenvalue weighted by Crippen LogP contribution is 2.35. The summed E-state index contributed by atoms with van der Waals surface area (Å²) in [6.07, 6.45) is 0. The monoisotopic (exact) mass is 388 g/mol. The minimum Gasteiger partial charge on any atom is -0.505 e. The molecule has 5 heteroatoms. The van der Waals surface area contributed by atoms with Crippen molar-refractivity contribution in [1.82, 2.24) is 4.98 Å². The molecule has 0 bridgehead atoms. The summed E-state index contributed by atoms with van der Waals surface area (Å²) in [5.41, 5.74) is 2.65. The van der Waals surface area contributed by atoms with Crippen molar-refractivity contribution < 1.29 is 9.90 Å². The van der Waals surface area contributed by atoms with Gasteiger partial charge < -0.3 is 10.1 Å². The predicted molar refractivity (Wildman–Crippen MR) is 89.6 cm³/mol. The molecule has 4 rings (SSSR count). The lowest BCUT2D eigenvalue weighted by atomic mass is 10.1. The molecule has 1 aliphatic heterocycles. The molecule has 4 nitrogen and oxygen atoms in total. The number of halogens is 1. The second kappa shape index (κ2) is 4.42. The molecule has 1 aromatic heterocycles. The van der Waals surface area contributed by atoms with Gasteiger partial charge >= 0.3 is 0 Å². The van der Waals surface area contributed by atoms with Crippen molar-refractivity contribution in [2.75, 3.05) is 0 Å². The Morgan fingerprint density at radius 2 is 1.95 bits per heavy atom. The van der Waals surface area contributed by atoms with Gasteiger partial charge in [-0.2, -0.15) is 0 Å². The van der Waals surface area contributed by atoms with Gasteiger partial charge in [0.1, 0.15) is 11.4 Å². The molecule has 0 fully saturated rings. The lowest BCUT2D eigenvalue weighted by molar-refractivity contribution is 0.107. The highest BCUT2D eigenvalue weighted by atomic mass is 127. The van der Waals surface area contributed by atoms with Crippen LogP contribution in [0.2, 0.25) is 0 Å². The standard InChI is InChI=1S/C16H9IN2O2/c17-8-5-6-12-10(7-8)16(21)14(19-12)13-15(20)9-3-1-2-4-11(9)18-13/h1-7,19,21H. The number of nitrogens with zero attached hydrogens (tertiary/aromatic N) is 1. The first-order chi connectivity index (χ1) is 10.1. The molecule has 0 aliphatic carbocycles. The van der Waals surface area contributed by atoms with Crippen molar-refractivity contribution >= 4 is 50.7 Å². The third-order valence-corrected chi connectivity index (χ3v) is 4.24. The van der Waals surface area contributed by atoms with Crippen LogP contribution in [0.15, 0.2) is 47.5 Å². The number of rotatable bonds is 1. The Labute approximate surface area is 133 Å². The van der Waals surface area contributed by atoms with Crippen molar-refractivity contribution in [3.63, 3.8) is 0 Å². The molecule has 1 aliphatic rings. The van der Waals surface area contributed by atoms with Gasteiger partial charge in [0.05, 0.1) is 5.69 Å². The largest absolute Gasteiger partial charge is 0.505 e. The minimum atomic E-state index is -0.165. The molecule has 0 amide bonds. The summed E-state index contributed by atoms with van der Waals surface area (Å²) in [4.78, 5) is 19.9. The molecule has 0 atom stereocenters. The van der Waals surface area contributed by atoms with Crippen LogP contribution in [0.5, 0.6) is 5.75 Å². The zero-order valence-corrected chi connectivity index (χ0v) is 12.9. The van der Waals surface area contributed by atoms with Crippen molar-refractivity contribution in [2.45, 2.75) is 0 Å². The molecular formula is C16H9IN2O2. The number of carbonyl (C=O) groups excluding carboxylic acids is 1. The van der Waals surface area contributed by atoms with Gasteiger partial charge in [0, 0.05) is 20.0 Å². The maximum absolute atomic E-state index is 12.4. The molecule has 0 saturated heterocycles. The van der Waals surface area contributed by atoms with Crippen LogP contribution < -0.4 is 0 Å². The van der Waals surface area contributed by atoms with Crippen LogP contribution >= 0.6 is 22.6 Å². The van der Waals surface area contributed by atoms with E-state index in [4.69, 9.17) is 0 Å². The Bertz CT molecular complexity index is 941. The van der Waals surface area contributed by atoms with E-state index < -0.39 is 0 Å². The normalized spacial score (nSPS) is 13.6. The van der Waals surface area contributed by atoms with Crippen LogP contribution in [-0.4, -0.2) is 21.6 Å². The van der Waals surface area contributed by atoms with Crippen molar-refractivity contribution in [2.24, 2.45) is 4.99 Å². The first-order valence-corrected chi connectivity index (χ1v) is 7.46. The van der Waals surface area contributed by atoms with E-state index in [-0.39, 0.29) is 17.2 Å². The van der Waals surface area contributed by atoms with E-state index in [1.807, 2.05) is 30.3 Å². The number of benzene rings is 2. The zero-order chi connectivity index (χ0) is 14.6. The average molecular weight is 388 g/mol. The fourth-order valence-electron chi connectivity index (χ4n) is 2.55. The Morgan fingerprint density at radius 3 is 2.76 bits per heavy atom. The number of aromatic nitrogens is 1. The molecule has 0 spiro atoms. The lowest BCUT2D eigenvalue weighted by Crippen LogP contribution is -2.11. The van der Waals surface area contributed by atoms with Crippen molar-refractivity contribution in [3.8, 4) is 5.75 Å². The minimum absolute atomic E-state index is 0.0726. The number of H-pyrrole nitrogens is 1. The van der Waals surface area contributed by atoms with Gasteiger partial charge in [0.15, 0.2) is 5.75 Å². The van der Waals surface area contributed by atoms with Gasteiger partial charge in [-0.05, 0) is 52.9 Å². The molecule has 3 aromatic rings. The van der Waals surface area contributed by atoms with Crippen LogP contribution in [0.25, 0.3) is 10.9 Å². The Morgan fingerprint density at radius 1 is 1.14 bits per heavy atom. The summed E-state index contributed by atoms with van der Waals surface area (Å²) < 4.78 is 1.02. The zero-order valence-electron chi connectivity index (χ0n) is 10.7. The van der Waals surface area contributed by atoms with Gasteiger partial charge in [-0.1, -0.05) is 12.1 Å². The lowest BCUT2D eigenvalue weighted by Gasteiger charge is -1.97. The number of Topliss-reactive ketones (excluding diaryl/α,β-unsaturated/α-hetero) is 1. The van der Waals surface area contributed by atoms with E-state index in [0.29, 0.717) is 22.3 Å². The molecule has 2 aromatic carbocycles. The highest BCUT2D eigenvalue weighted by Gasteiger charge is 2.29. The predicted octanol–water partition coefficient (Wildman–Crippen LogP) is 3.80. The topological polar surface area (TPSA) is 65.5 Å². The van der Waals surface area contributed by atoms with Gasteiger partial charge in [0.2, 0.25) is 5.78 Å². The molecule has 21 heavy (non-hydrogen) atoms. The van der Waals surface area contributed by atoms with Gasteiger partial charge in [0.25, 0.3) is 0 Å². The van der Waals surface area contributed by atoms with Gasteiger partial charge in [-0.25, -0.2) is 4.99 Å². The second-order valence-corrected chi connectivity index (χ2v) is 6.09. The fourth-order valence-corrected chi connectivity index (χ4v) is 3.04. The van der Waals surface area contributed by atoms with Crippen LogP contribution in [0.4, 0.5) is 5.69 Å². The number of carbonyl (C=O) groups is 1. The summed E-state index contributed by atoms with van der Waals surface area (Å²) in [6.45, 7) is 0. The Balaban J connectivity index is 1.93. The molecule has 2 heterocycles. The Hall–Kier alpha value is -2.15. The first-order valence-electron chi connectivity index (χ1n) is 6.38. The highest BCUT2D eigenvalue weighted by molar-refractivity contribution is 14.1. The molecular weight excluding hydrogens is 379 g/mol. The number of ketones is 1. The van der Waals surface area contributed by atoms with E-state index in [9.17, 15) is 9.90 Å². The molecule has 0 unspecified atom stereocenters. The Kier molecular flexibility index (Phi) is 2.65. The maximum Gasteiger partial charge on any atom is 0.215 e. The molecule has 0 radical (unpaired) electrons. The molecule has 2 N–H and O–H groups in total. The molecule has 102 valence electrons. The van der Waals surface area contributed by atoms with Crippen LogP contribution in [-0.2, 0) is 0 Å². The third-order valence-electron chi connectivity index (χ3n) is 3.57. The second-order valence-electron chi connectivity index (χ2n) is 4.85. The number of aliphatic imine (C=N–C) groups is 1. The summed E-state index contributed by atoms with van der Waals surface area (Å²) in [6, 6.07) is 12.9. The summed E-state index contributed by atoms with van der Waals surface area (Å²) in [5, 5.41) is 11.1. The van der Waals surface area contributed by atoms with Gasteiger partial charge in [-0.3, -0.25) is 4.79 Å². The number of hydrogen-bond donors (Lipinski definition) is 2. The fraction of sp³-hybridized carbons (Fsp3) is 0. The quantitative estimate of drug-likeness (QED) is 0.623. The maximum atomic E-state index is 12.4.